The summed E-state index contributed by atoms with van der Waals surface area (Å²) in [5.74, 6) is -0.00367. The van der Waals surface area contributed by atoms with E-state index in [9.17, 15) is 26.3 Å². The van der Waals surface area contributed by atoms with Crippen LogP contribution in [0.3, 0.4) is 0 Å². The number of nitrogens with zero attached hydrogens (tertiary/aromatic N) is 3. The molecule has 0 spiro atoms. The maximum absolute atomic E-state index is 13.0. The van der Waals surface area contributed by atoms with Gasteiger partial charge in [-0.1, -0.05) is 12.1 Å². The average Bonchev–Trinajstić information content (AvgIpc) is 3.13. The van der Waals surface area contributed by atoms with Crippen LogP contribution in [0.2, 0.25) is 0 Å². The van der Waals surface area contributed by atoms with Crippen LogP contribution in [0.1, 0.15) is 28.6 Å². The lowest BCUT2D eigenvalue weighted by Gasteiger charge is -2.18. The normalized spacial score (nSPS) is 13.4. The highest BCUT2D eigenvalue weighted by Gasteiger charge is 2.32. The van der Waals surface area contributed by atoms with Gasteiger partial charge < -0.3 is 4.74 Å². The number of hydrogen-bond acceptors (Lipinski definition) is 4. The fraction of sp³-hybridized carbons (Fsp3) is 0.188. The topological polar surface area (TPSA) is 63.7 Å². The summed E-state index contributed by atoms with van der Waals surface area (Å²) in [6.45, 7) is 0. The van der Waals surface area contributed by atoms with Crippen molar-refractivity contribution in [2.45, 2.75) is 18.5 Å². The summed E-state index contributed by atoms with van der Waals surface area (Å²) >= 11 is 0. The molecular weight excluding hydrogens is 378 g/mol. The second-order valence-electron chi connectivity index (χ2n) is 5.43. The standard InChI is InChI=1S/C16H10F6N4O/c17-15(18,19)10-4-6-12(7-5-10)27-13(14-23-25-26-24-14)9-2-1-3-11(8-9)16(20,21)22/h1-8,13H,(H,23,24,25,26). The van der Waals surface area contributed by atoms with Crippen LogP contribution in [0.5, 0.6) is 5.75 Å². The smallest absolute Gasteiger partial charge is 0.416 e. The number of alkyl halides is 6. The van der Waals surface area contributed by atoms with Gasteiger partial charge in [0.2, 0.25) is 0 Å². The molecular formula is C16H10F6N4O. The molecule has 1 atom stereocenters. The molecule has 1 unspecified atom stereocenters. The summed E-state index contributed by atoms with van der Waals surface area (Å²) in [4.78, 5) is 0. The molecule has 11 heteroatoms. The fourth-order valence-electron chi connectivity index (χ4n) is 2.30. The zero-order valence-corrected chi connectivity index (χ0v) is 13.2. The quantitative estimate of drug-likeness (QED) is 0.673. The highest BCUT2D eigenvalue weighted by atomic mass is 19.4. The number of rotatable bonds is 4. The third kappa shape index (κ3) is 4.36. The molecule has 3 rings (SSSR count). The number of aromatic nitrogens is 4. The molecule has 0 aliphatic heterocycles. The fourth-order valence-corrected chi connectivity index (χ4v) is 2.30. The number of hydrogen-bond donors (Lipinski definition) is 1. The van der Waals surface area contributed by atoms with Crippen LogP contribution < -0.4 is 4.74 Å². The van der Waals surface area contributed by atoms with E-state index in [1.165, 1.54) is 12.1 Å². The molecule has 0 bridgehead atoms. The van der Waals surface area contributed by atoms with Gasteiger partial charge in [-0.25, -0.2) is 5.10 Å². The van der Waals surface area contributed by atoms with E-state index in [0.29, 0.717) is 0 Å². The Morgan fingerprint density at radius 1 is 0.852 bits per heavy atom. The van der Waals surface area contributed by atoms with Gasteiger partial charge in [-0.3, -0.25) is 0 Å². The monoisotopic (exact) mass is 388 g/mol. The molecule has 0 fully saturated rings. The van der Waals surface area contributed by atoms with Gasteiger partial charge >= 0.3 is 12.4 Å². The molecule has 0 amide bonds. The first-order valence-electron chi connectivity index (χ1n) is 7.39. The van der Waals surface area contributed by atoms with Crippen LogP contribution >= 0.6 is 0 Å². The van der Waals surface area contributed by atoms with Crippen LogP contribution in [-0.4, -0.2) is 20.6 Å². The van der Waals surface area contributed by atoms with Crippen LogP contribution in [0.15, 0.2) is 48.5 Å². The summed E-state index contributed by atoms with van der Waals surface area (Å²) in [6.07, 6.45) is -10.3. The van der Waals surface area contributed by atoms with E-state index in [4.69, 9.17) is 4.74 Å². The van der Waals surface area contributed by atoms with E-state index in [1.54, 1.807) is 0 Å². The van der Waals surface area contributed by atoms with E-state index in [2.05, 4.69) is 20.6 Å². The minimum Gasteiger partial charge on any atom is -0.478 e. The number of ether oxygens (including phenoxy) is 1. The Bertz CT molecular complexity index is 891. The van der Waals surface area contributed by atoms with Crippen molar-refractivity contribution < 1.29 is 31.1 Å². The Morgan fingerprint density at radius 3 is 2.07 bits per heavy atom. The molecule has 142 valence electrons. The molecule has 27 heavy (non-hydrogen) atoms. The Morgan fingerprint density at radius 2 is 1.52 bits per heavy atom. The maximum atomic E-state index is 13.0. The highest BCUT2D eigenvalue weighted by Crippen LogP contribution is 2.34. The third-order valence-corrected chi connectivity index (χ3v) is 3.56. The molecule has 1 heterocycles. The lowest BCUT2D eigenvalue weighted by atomic mass is 10.0. The molecule has 0 saturated carbocycles. The van der Waals surface area contributed by atoms with Crippen molar-refractivity contribution in [3.8, 4) is 5.75 Å². The first-order valence-corrected chi connectivity index (χ1v) is 7.39. The third-order valence-electron chi connectivity index (χ3n) is 3.56. The molecule has 5 nitrogen and oxygen atoms in total. The number of aromatic amines is 1. The van der Waals surface area contributed by atoms with Gasteiger partial charge in [0.05, 0.1) is 11.1 Å². The molecule has 0 aliphatic rings. The lowest BCUT2D eigenvalue weighted by Crippen LogP contribution is -2.14. The predicted molar refractivity (Wildman–Crippen MR) is 79.5 cm³/mol. The maximum Gasteiger partial charge on any atom is 0.416 e. The average molecular weight is 388 g/mol. The van der Waals surface area contributed by atoms with Crippen molar-refractivity contribution in [1.29, 1.82) is 0 Å². The van der Waals surface area contributed by atoms with Gasteiger partial charge in [0.1, 0.15) is 5.75 Å². The van der Waals surface area contributed by atoms with E-state index in [1.807, 2.05) is 0 Å². The summed E-state index contributed by atoms with van der Waals surface area (Å²) in [6, 6.07) is 8.03. The molecule has 1 aromatic heterocycles. The minimum atomic E-state index is -4.57. The van der Waals surface area contributed by atoms with Gasteiger partial charge in [0.15, 0.2) is 11.9 Å². The van der Waals surface area contributed by atoms with Gasteiger partial charge in [-0.15, -0.1) is 5.10 Å². The molecule has 2 aromatic carbocycles. The van der Waals surface area contributed by atoms with Gasteiger partial charge in [-0.05, 0) is 46.8 Å². The largest absolute Gasteiger partial charge is 0.478 e. The Balaban J connectivity index is 1.94. The first kappa shape index (κ1) is 18.7. The summed E-state index contributed by atoms with van der Waals surface area (Å²) in [7, 11) is 0. The van der Waals surface area contributed by atoms with Crippen LogP contribution in [0, 0.1) is 0 Å². The number of H-pyrrole nitrogens is 1. The van der Waals surface area contributed by atoms with Crippen molar-refractivity contribution in [3.05, 3.63) is 71.0 Å². The van der Waals surface area contributed by atoms with Gasteiger partial charge in [0, 0.05) is 5.56 Å². The van der Waals surface area contributed by atoms with Crippen molar-refractivity contribution in [3.63, 3.8) is 0 Å². The number of benzene rings is 2. The van der Waals surface area contributed by atoms with Crippen LogP contribution in [-0.2, 0) is 12.4 Å². The Kier molecular flexibility index (Phi) is 4.77. The van der Waals surface area contributed by atoms with Crippen molar-refractivity contribution in [2.75, 3.05) is 0 Å². The second-order valence-corrected chi connectivity index (χ2v) is 5.43. The summed E-state index contributed by atoms with van der Waals surface area (Å²) in [5.41, 5.74) is -1.72. The number of nitrogens with one attached hydrogen (secondary N) is 1. The molecule has 0 radical (unpaired) electrons. The summed E-state index contributed by atoms with van der Waals surface area (Å²) < 4.78 is 82.4. The molecule has 0 saturated heterocycles. The molecule has 3 aromatic rings. The number of tetrazole rings is 1. The van der Waals surface area contributed by atoms with Crippen LogP contribution in [0.4, 0.5) is 26.3 Å². The second kappa shape index (κ2) is 6.89. The summed E-state index contributed by atoms with van der Waals surface area (Å²) in [5, 5.41) is 12.7. The van der Waals surface area contributed by atoms with Gasteiger partial charge in [-0.2, -0.15) is 26.3 Å². The predicted octanol–water partition coefficient (Wildman–Crippen LogP) is 4.41. The minimum absolute atomic E-state index is 0.00168. The highest BCUT2D eigenvalue weighted by molar-refractivity contribution is 5.33. The molecule has 1 N–H and O–H groups in total. The lowest BCUT2D eigenvalue weighted by molar-refractivity contribution is -0.138. The zero-order valence-electron chi connectivity index (χ0n) is 13.2. The van der Waals surface area contributed by atoms with Crippen molar-refractivity contribution in [2.24, 2.45) is 0 Å². The number of halogens is 6. The van der Waals surface area contributed by atoms with E-state index >= 15 is 0 Å². The first-order chi connectivity index (χ1) is 12.6. The Labute approximate surface area is 148 Å². The SMILES string of the molecule is FC(F)(F)c1ccc(OC(c2cccc(C(F)(F)F)c2)c2nnn[nH]2)cc1. The Hall–Kier alpha value is -3.11. The van der Waals surface area contributed by atoms with Crippen molar-refractivity contribution >= 4 is 0 Å². The molecule has 0 aliphatic carbocycles. The van der Waals surface area contributed by atoms with Gasteiger partial charge in [0.25, 0.3) is 0 Å². The van der Waals surface area contributed by atoms with E-state index in [0.717, 1.165) is 36.4 Å². The van der Waals surface area contributed by atoms with Crippen LogP contribution in [0.25, 0.3) is 0 Å². The van der Waals surface area contributed by atoms with E-state index < -0.39 is 29.6 Å². The zero-order chi connectivity index (χ0) is 19.7. The van der Waals surface area contributed by atoms with E-state index in [-0.39, 0.29) is 17.1 Å². The van der Waals surface area contributed by atoms with Crippen molar-refractivity contribution in [1.82, 2.24) is 20.6 Å².